The second-order valence-corrected chi connectivity index (χ2v) is 14.7. The van der Waals surface area contributed by atoms with Gasteiger partial charge in [0.05, 0.1) is 0 Å². The molecule has 0 saturated heterocycles. The van der Waals surface area contributed by atoms with E-state index in [2.05, 4.69) is 62.3 Å². The van der Waals surface area contributed by atoms with Crippen molar-refractivity contribution in [3.05, 3.63) is 0 Å². The van der Waals surface area contributed by atoms with Gasteiger partial charge >= 0.3 is 0 Å². The van der Waals surface area contributed by atoms with E-state index in [-0.39, 0.29) is 0 Å². The van der Waals surface area contributed by atoms with Crippen molar-refractivity contribution in [1.29, 1.82) is 0 Å². The molecular formula is C21H45Al. The summed E-state index contributed by atoms with van der Waals surface area (Å²) < 4.78 is 0. The van der Waals surface area contributed by atoms with Crippen LogP contribution in [0.25, 0.3) is 0 Å². The van der Waals surface area contributed by atoms with E-state index in [1.165, 1.54) is 38.5 Å². The fourth-order valence-electron chi connectivity index (χ4n) is 3.20. The van der Waals surface area contributed by atoms with Crippen molar-refractivity contribution in [1.82, 2.24) is 0 Å². The molecule has 0 fully saturated rings. The van der Waals surface area contributed by atoms with Crippen molar-refractivity contribution in [3.63, 3.8) is 0 Å². The molecular weight excluding hydrogens is 279 g/mol. The Morgan fingerprint density at radius 2 is 0.682 bits per heavy atom. The maximum absolute atomic E-state index is 2.39. The van der Waals surface area contributed by atoms with Crippen molar-refractivity contribution >= 4 is 14.1 Å². The first kappa shape index (κ1) is 22.5. The molecule has 0 bridgehead atoms. The molecule has 0 aliphatic carbocycles. The average molecular weight is 325 g/mol. The van der Waals surface area contributed by atoms with Crippen LogP contribution in [0.3, 0.4) is 0 Å². The van der Waals surface area contributed by atoms with Crippen LogP contribution in [0.1, 0.15) is 101 Å². The molecule has 22 heavy (non-hydrogen) atoms. The lowest BCUT2D eigenvalue weighted by Gasteiger charge is -2.22. The number of hydrogen-bond acceptors (Lipinski definition) is 0. The lowest BCUT2D eigenvalue weighted by Crippen LogP contribution is -2.16. The predicted octanol–water partition coefficient (Wildman–Crippen LogP) is 7.96. The van der Waals surface area contributed by atoms with Gasteiger partial charge < -0.3 is 0 Å². The third kappa shape index (κ3) is 16.9. The van der Waals surface area contributed by atoms with Gasteiger partial charge in [-0.15, -0.1) is 0 Å². The van der Waals surface area contributed by atoms with E-state index in [1.54, 1.807) is 15.8 Å². The van der Waals surface area contributed by atoms with Crippen molar-refractivity contribution < 1.29 is 0 Å². The van der Waals surface area contributed by atoms with Gasteiger partial charge in [-0.3, -0.25) is 0 Å². The third-order valence-corrected chi connectivity index (χ3v) is 8.29. The molecule has 0 saturated carbocycles. The first-order chi connectivity index (χ1) is 9.79. The molecule has 0 amide bonds. The van der Waals surface area contributed by atoms with Gasteiger partial charge in [0.25, 0.3) is 14.1 Å². The van der Waals surface area contributed by atoms with Crippen LogP contribution >= 0.6 is 0 Å². The smallest absolute Gasteiger partial charge is 0.0938 e. The molecule has 0 radical (unpaired) electrons. The molecule has 0 atom stereocenters. The summed E-state index contributed by atoms with van der Waals surface area (Å²) in [6.07, 6.45) is 8.67. The first-order valence-corrected chi connectivity index (χ1v) is 12.2. The van der Waals surface area contributed by atoms with E-state index in [4.69, 9.17) is 0 Å². The summed E-state index contributed by atoms with van der Waals surface area (Å²) in [5.74, 6) is 0. The van der Waals surface area contributed by atoms with Crippen molar-refractivity contribution in [2.75, 3.05) is 0 Å². The quantitative estimate of drug-likeness (QED) is 0.377. The molecule has 0 nitrogen and oxygen atoms in total. The summed E-state index contributed by atoms with van der Waals surface area (Å²) in [7, 11) is 0. The summed E-state index contributed by atoms with van der Waals surface area (Å²) in [5.41, 5.74) is 1.57. The molecule has 0 aromatic carbocycles. The lowest BCUT2D eigenvalue weighted by atomic mass is 9.91. The molecule has 0 aliphatic rings. The van der Waals surface area contributed by atoms with E-state index in [0.717, 1.165) is 0 Å². The average Bonchev–Trinajstić information content (AvgIpc) is 2.23. The molecule has 1 heteroatoms. The summed E-state index contributed by atoms with van der Waals surface area (Å²) in [6.45, 7) is 21.5. The molecule has 0 N–H and O–H groups in total. The molecule has 0 heterocycles. The number of hydrogen-bond donors (Lipinski definition) is 0. The van der Waals surface area contributed by atoms with Gasteiger partial charge in [0.2, 0.25) is 0 Å². The minimum atomic E-state index is -0.502. The molecule has 0 unspecified atom stereocenters. The van der Waals surface area contributed by atoms with Crippen molar-refractivity contribution in [2.24, 2.45) is 16.2 Å². The minimum Gasteiger partial charge on any atom is -0.0938 e. The molecule has 0 aromatic heterocycles. The van der Waals surface area contributed by atoms with Crippen LogP contribution in [0.5, 0.6) is 0 Å². The topological polar surface area (TPSA) is 0 Å². The highest BCUT2D eigenvalue weighted by Gasteiger charge is 2.21. The molecule has 0 spiro atoms. The first-order valence-electron chi connectivity index (χ1n) is 9.79. The van der Waals surface area contributed by atoms with Gasteiger partial charge in [0.1, 0.15) is 0 Å². The Hall–Kier alpha value is 0.532. The summed E-state index contributed by atoms with van der Waals surface area (Å²) in [6, 6.07) is 0. The molecule has 0 rings (SSSR count). The molecule has 0 aliphatic heterocycles. The van der Waals surface area contributed by atoms with Gasteiger partial charge in [0.15, 0.2) is 0 Å². The minimum absolute atomic E-state index is 0.502. The second-order valence-electron chi connectivity index (χ2n) is 11.2. The standard InChI is InChI=1S/3C7H15.Al/c3*1-5-6-7(2,3)4;/h3*1,5-6H2,2-4H3;. The van der Waals surface area contributed by atoms with Crippen LogP contribution in [-0.4, -0.2) is 14.1 Å². The Balaban J connectivity index is 4.19. The Morgan fingerprint density at radius 1 is 0.455 bits per heavy atom. The van der Waals surface area contributed by atoms with E-state index in [9.17, 15) is 0 Å². The maximum Gasteiger partial charge on any atom is 0.261 e. The number of rotatable bonds is 9. The maximum atomic E-state index is 2.39. The highest BCUT2D eigenvalue weighted by atomic mass is 27.2. The fraction of sp³-hybridized carbons (Fsp3) is 1.00. The van der Waals surface area contributed by atoms with Crippen LogP contribution in [-0.2, 0) is 0 Å². The van der Waals surface area contributed by atoms with Gasteiger partial charge in [-0.25, -0.2) is 0 Å². The van der Waals surface area contributed by atoms with Crippen LogP contribution in [0, 0.1) is 16.2 Å². The van der Waals surface area contributed by atoms with Crippen molar-refractivity contribution in [3.8, 4) is 0 Å². The molecule has 0 aromatic rings. The lowest BCUT2D eigenvalue weighted by molar-refractivity contribution is 0.367. The SMILES string of the molecule is CC(C)(C)CC[CH2][Al]([CH2]CCC(C)(C)C)[CH2]CCC(C)(C)C. The summed E-state index contributed by atoms with van der Waals surface area (Å²) >= 11 is -0.502. The van der Waals surface area contributed by atoms with Crippen LogP contribution in [0.4, 0.5) is 0 Å². The van der Waals surface area contributed by atoms with Crippen molar-refractivity contribution in [2.45, 2.75) is 117 Å². The highest BCUT2D eigenvalue weighted by molar-refractivity contribution is 6.58. The Kier molecular flexibility index (Phi) is 9.97. The Bertz CT molecular complexity index is 224. The van der Waals surface area contributed by atoms with Gasteiger partial charge in [-0.1, -0.05) is 97.4 Å². The van der Waals surface area contributed by atoms with Crippen LogP contribution in [0.2, 0.25) is 15.8 Å². The second kappa shape index (κ2) is 9.74. The Labute approximate surface area is 147 Å². The zero-order valence-corrected chi connectivity index (χ0v) is 18.6. The van der Waals surface area contributed by atoms with E-state index < -0.39 is 14.1 Å². The monoisotopic (exact) mass is 324 g/mol. The van der Waals surface area contributed by atoms with E-state index in [0.29, 0.717) is 16.2 Å². The van der Waals surface area contributed by atoms with Crippen LogP contribution < -0.4 is 0 Å². The van der Waals surface area contributed by atoms with E-state index in [1.807, 2.05) is 0 Å². The Morgan fingerprint density at radius 3 is 0.864 bits per heavy atom. The predicted molar refractivity (Wildman–Crippen MR) is 106 cm³/mol. The third-order valence-electron chi connectivity index (χ3n) is 4.62. The largest absolute Gasteiger partial charge is 0.261 e. The van der Waals surface area contributed by atoms with Gasteiger partial charge in [-0.2, -0.15) is 0 Å². The zero-order valence-electron chi connectivity index (χ0n) is 17.4. The van der Waals surface area contributed by atoms with Gasteiger partial charge in [0, 0.05) is 0 Å². The zero-order chi connectivity index (χ0) is 17.4. The van der Waals surface area contributed by atoms with Crippen LogP contribution in [0.15, 0.2) is 0 Å². The highest BCUT2D eigenvalue weighted by Crippen LogP contribution is 2.29. The fourth-order valence-corrected chi connectivity index (χ4v) is 6.41. The summed E-state index contributed by atoms with van der Waals surface area (Å²) in [4.78, 5) is 0. The normalized spacial score (nSPS) is 13.5. The summed E-state index contributed by atoms with van der Waals surface area (Å²) in [5, 5.41) is 4.77. The van der Waals surface area contributed by atoms with Gasteiger partial charge in [-0.05, 0) is 35.5 Å². The van der Waals surface area contributed by atoms with E-state index >= 15 is 0 Å². The molecule has 132 valence electrons.